The lowest BCUT2D eigenvalue weighted by Gasteiger charge is -2.15. The average Bonchev–Trinajstić information content (AvgIpc) is 3.26. The van der Waals surface area contributed by atoms with Gasteiger partial charge < -0.3 is 14.8 Å². The molecule has 1 unspecified atom stereocenters. The number of aliphatic imine (C=N–C) groups is 1. The predicted octanol–water partition coefficient (Wildman–Crippen LogP) is 3.63. The lowest BCUT2D eigenvalue weighted by atomic mass is 10.1. The number of benzene rings is 2. The van der Waals surface area contributed by atoms with Crippen LogP contribution < -0.4 is 15.4 Å². The first-order valence-corrected chi connectivity index (χ1v) is 9.66. The molecule has 0 bridgehead atoms. The molecule has 2 aromatic carbocycles. The zero-order chi connectivity index (χ0) is 19.8. The number of hydrogen-bond acceptors (Lipinski definition) is 4. The van der Waals surface area contributed by atoms with E-state index >= 15 is 0 Å². The molecule has 28 heavy (non-hydrogen) atoms. The highest BCUT2D eigenvalue weighted by atomic mass is 16.5. The molecule has 148 valence electrons. The number of anilines is 1. The summed E-state index contributed by atoms with van der Waals surface area (Å²) in [5.74, 6) is 0.842. The molecule has 1 amide bonds. The number of aryl methyl sites for hydroxylation is 1. The first-order valence-electron chi connectivity index (χ1n) is 9.66. The van der Waals surface area contributed by atoms with Gasteiger partial charge in [0.2, 0.25) is 5.96 Å². The van der Waals surface area contributed by atoms with Crippen molar-refractivity contribution < 1.29 is 14.3 Å². The van der Waals surface area contributed by atoms with Crippen LogP contribution in [0.5, 0.6) is 5.75 Å². The molecule has 2 N–H and O–H groups in total. The van der Waals surface area contributed by atoms with Gasteiger partial charge in [-0.1, -0.05) is 31.2 Å². The van der Waals surface area contributed by atoms with E-state index in [2.05, 4.69) is 22.5 Å². The van der Waals surface area contributed by atoms with E-state index in [1.807, 2.05) is 48.5 Å². The molecule has 0 aliphatic carbocycles. The third kappa shape index (κ3) is 5.33. The Morgan fingerprint density at radius 3 is 2.68 bits per heavy atom. The minimum Gasteiger partial charge on any atom is -0.495 e. The van der Waals surface area contributed by atoms with E-state index in [0.29, 0.717) is 23.8 Å². The van der Waals surface area contributed by atoms with Crippen molar-refractivity contribution in [3.63, 3.8) is 0 Å². The molecule has 6 nitrogen and oxygen atoms in total. The maximum atomic E-state index is 12.7. The van der Waals surface area contributed by atoms with Crippen LogP contribution in [0, 0.1) is 0 Å². The largest absolute Gasteiger partial charge is 0.495 e. The van der Waals surface area contributed by atoms with E-state index in [4.69, 9.17) is 9.47 Å². The molecule has 1 aliphatic heterocycles. The van der Waals surface area contributed by atoms with Crippen LogP contribution in [0.25, 0.3) is 0 Å². The SMILES string of the molecule is CCc1ccc(C(=O)NC(=NCC2CCCO2)Nc2ccccc2OC)cc1. The van der Waals surface area contributed by atoms with Gasteiger partial charge in [0.25, 0.3) is 5.91 Å². The van der Waals surface area contributed by atoms with Gasteiger partial charge in [-0.25, -0.2) is 4.99 Å². The van der Waals surface area contributed by atoms with Crippen LogP contribution in [-0.4, -0.2) is 38.2 Å². The summed E-state index contributed by atoms with van der Waals surface area (Å²) >= 11 is 0. The number of nitrogens with one attached hydrogen (secondary N) is 2. The van der Waals surface area contributed by atoms with Crippen LogP contribution in [0.2, 0.25) is 0 Å². The minimum absolute atomic E-state index is 0.0928. The number of para-hydroxylation sites is 2. The predicted molar refractivity (Wildman–Crippen MR) is 111 cm³/mol. The van der Waals surface area contributed by atoms with Gasteiger partial charge in [0.05, 0.1) is 25.4 Å². The van der Waals surface area contributed by atoms with Gasteiger partial charge in [-0.05, 0) is 49.1 Å². The molecule has 0 spiro atoms. The van der Waals surface area contributed by atoms with Crippen LogP contribution in [0.3, 0.4) is 0 Å². The maximum Gasteiger partial charge on any atom is 0.257 e. The highest BCUT2D eigenvalue weighted by Gasteiger charge is 2.16. The number of ether oxygens (including phenoxy) is 2. The van der Waals surface area contributed by atoms with Gasteiger partial charge >= 0.3 is 0 Å². The monoisotopic (exact) mass is 381 g/mol. The molecule has 3 rings (SSSR count). The standard InChI is InChI=1S/C22H27N3O3/c1-3-16-10-12-17(13-11-16)21(26)25-22(23-15-18-7-6-14-28-18)24-19-8-4-5-9-20(19)27-2/h4-5,8-13,18H,3,6-7,14-15H2,1-2H3,(H2,23,24,25,26). The molecular formula is C22H27N3O3. The van der Waals surface area contributed by atoms with E-state index in [0.717, 1.165) is 31.6 Å². The summed E-state index contributed by atoms with van der Waals surface area (Å²) in [6.45, 7) is 3.35. The Kier molecular flexibility index (Phi) is 7.03. The van der Waals surface area contributed by atoms with Gasteiger partial charge in [0, 0.05) is 12.2 Å². The highest BCUT2D eigenvalue weighted by molar-refractivity contribution is 6.10. The number of methoxy groups -OCH3 is 1. The number of nitrogens with zero attached hydrogens (tertiary/aromatic N) is 1. The molecule has 1 aliphatic rings. The summed E-state index contributed by atoms with van der Waals surface area (Å²) in [6.07, 6.45) is 3.06. The Bertz CT molecular complexity index is 812. The molecule has 1 atom stereocenters. The summed E-state index contributed by atoms with van der Waals surface area (Å²) < 4.78 is 11.0. The fraction of sp³-hybridized carbons (Fsp3) is 0.364. The minimum atomic E-state index is -0.212. The molecule has 0 aromatic heterocycles. The second-order valence-electron chi connectivity index (χ2n) is 6.65. The first kappa shape index (κ1) is 19.9. The quantitative estimate of drug-likeness (QED) is 0.592. The van der Waals surface area contributed by atoms with Crippen molar-refractivity contribution in [2.45, 2.75) is 32.3 Å². The average molecular weight is 381 g/mol. The number of rotatable bonds is 6. The van der Waals surface area contributed by atoms with Gasteiger partial charge in [0.1, 0.15) is 5.75 Å². The van der Waals surface area contributed by atoms with Crippen molar-refractivity contribution in [2.75, 3.05) is 25.6 Å². The molecule has 1 fully saturated rings. The Labute approximate surface area is 166 Å². The van der Waals surface area contributed by atoms with Crippen molar-refractivity contribution >= 4 is 17.6 Å². The van der Waals surface area contributed by atoms with Gasteiger partial charge in [0.15, 0.2) is 0 Å². The molecular weight excluding hydrogens is 354 g/mol. The number of hydrogen-bond donors (Lipinski definition) is 2. The van der Waals surface area contributed by atoms with E-state index in [-0.39, 0.29) is 12.0 Å². The highest BCUT2D eigenvalue weighted by Crippen LogP contribution is 2.23. The summed E-state index contributed by atoms with van der Waals surface area (Å²) in [7, 11) is 1.61. The van der Waals surface area contributed by atoms with Crippen molar-refractivity contribution in [3.05, 3.63) is 59.7 Å². The normalized spacial score (nSPS) is 16.6. The smallest absolute Gasteiger partial charge is 0.257 e. The Morgan fingerprint density at radius 2 is 2.00 bits per heavy atom. The number of amides is 1. The van der Waals surface area contributed by atoms with Gasteiger partial charge in [-0.2, -0.15) is 0 Å². The van der Waals surface area contributed by atoms with Crippen LogP contribution in [0.15, 0.2) is 53.5 Å². The lowest BCUT2D eigenvalue weighted by Crippen LogP contribution is -2.36. The molecule has 0 saturated carbocycles. The van der Waals surface area contributed by atoms with E-state index in [9.17, 15) is 4.79 Å². The third-order valence-corrected chi connectivity index (χ3v) is 4.69. The molecule has 0 radical (unpaired) electrons. The van der Waals surface area contributed by atoms with Crippen LogP contribution in [0.1, 0.15) is 35.7 Å². The van der Waals surface area contributed by atoms with Gasteiger partial charge in [-0.15, -0.1) is 0 Å². The zero-order valence-corrected chi connectivity index (χ0v) is 16.4. The van der Waals surface area contributed by atoms with Crippen molar-refractivity contribution in [3.8, 4) is 5.75 Å². The summed E-state index contributed by atoms with van der Waals surface area (Å²) in [6, 6.07) is 15.1. The number of carbonyl (C=O) groups is 1. The topological polar surface area (TPSA) is 72.0 Å². The van der Waals surface area contributed by atoms with Crippen molar-refractivity contribution in [1.82, 2.24) is 5.32 Å². The van der Waals surface area contributed by atoms with Crippen molar-refractivity contribution in [2.24, 2.45) is 4.99 Å². The Hall–Kier alpha value is -2.86. The molecule has 1 heterocycles. The fourth-order valence-corrected chi connectivity index (χ4v) is 3.04. The number of guanidine groups is 1. The first-order chi connectivity index (χ1) is 13.7. The Balaban J connectivity index is 1.76. The van der Waals surface area contributed by atoms with Crippen molar-refractivity contribution in [1.29, 1.82) is 0 Å². The zero-order valence-electron chi connectivity index (χ0n) is 16.4. The van der Waals surface area contributed by atoms with Crippen LogP contribution in [-0.2, 0) is 11.2 Å². The van der Waals surface area contributed by atoms with E-state index < -0.39 is 0 Å². The maximum absolute atomic E-state index is 12.7. The second kappa shape index (κ2) is 9.90. The second-order valence-corrected chi connectivity index (χ2v) is 6.65. The summed E-state index contributed by atoms with van der Waals surface area (Å²) in [5.41, 5.74) is 2.51. The van der Waals surface area contributed by atoms with E-state index in [1.165, 1.54) is 5.56 Å². The molecule has 2 aromatic rings. The summed E-state index contributed by atoms with van der Waals surface area (Å²) in [4.78, 5) is 17.3. The molecule has 1 saturated heterocycles. The lowest BCUT2D eigenvalue weighted by molar-refractivity contribution is 0.0975. The van der Waals surface area contributed by atoms with Crippen LogP contribution >= 0.6 is 0 Å². The summed E-state index contributed by atoms with van der Waals surface area (Å²) in [5, 5.41) is 6.07. The van der Waals surface area contributed by atoms with Gasteiger partial charge in [-0.3, -0.25) is 10.1 Å². The molecule has 6 heteroatoms. The van der Waals surface area contributed by atoms with Crippen LogP contribution in [0.4, 0.5) is 5.69 Å². The third-order valence-electron chi connectivity index (χ3n) is 4.69. The Morgan fingerprint density at radius 1 is 1.21 bits per heavy atom. The number of carbonyl (C=O) groups excluding carboxylic acids is 1. The fourth-order valence-electron chi connectivity index (χ4n) is 3.04. The van der Waals surface area contributed by atoms with E-state index in [1.54, 1.807) is 7.11 Å².